The quantitative estimate of drug-likeness (QED) is 0.473. The average molecular weight is 340 g/mol. The van der Waals surface area contributed by atoms with Crippen LogP contribution >= 0.6 is 11.3 Å². The maximum Gasteiger partial charge on any atom is 0.423 e. The third-order valence-electron chi connectivity index (χ3n) is 2.20. The number of rotatable bonds is 2. The largest absolute Gasteiger partial charge is 0.478 e. The molecule has 0 saturated carbocycles. The van der Waals surface area contributed by atoms with Crippen LogP contribution in [0.1, 0.15) is 10.4 Å². The zero-order chi connectivity index (χ0) is 17.3. The molecular weight excluding hydrogens is 338 g/mol. The van der Waals surface area contributed by atoms with Crippen molar-refractivity contribution in [3.63, 3.8) is 0 Å². The summed E-state index contributed by atoms with van der Waals surface area (Å²) in [6.45, 7) is 13.3. The molecule has 0 spiro atoms. The number of nitrogens with zero attached hydrogens (tertiary/aromatic N) is 2. The van der Waals surface area contributed by atoms with Crippen LogP contribution in [-0.4, -0.2) is 17.3 Å². The monoisotopic (exact) mass is 340 g/mol. The maximum absolute atomic E-state index is 12.9. The SMILES string of the molecule is [C-]#[N+]c1sc(/C=C(/C(=O)O)C(F)(F)F)c(C(F)(F)F)c1[N+]#[C-]. The minimum Gasteiger partial charge on any atom is -0.478 e. The summed E-state index contributed by atoms with van der Waals surface area (Å²) < 4.78 is 76.2. The van der Waals surface area contributed by atoms with Crippen molar-refractivity contribution >= 4 is 34.1 Å². The van der Waals surface area contributed by atoms with Crippen LogP contribution in [0.3, 0.4) is 0 Å². The maximum atomic E-state index is 12.9. The standard InChI is InChI=1S/C11H2F6N2O2S/c1-18-7-6(11(15,16)17)5(22-8(7)19-2)3-4(9(20)21)10(12,13)14/h3H,(H,20,21)/b4-3-. The van der Waals surface area contributed by atoms with E-state index in [1.165, 1.54) is 0 Å². The van der Waals surface area contributed by atoms with Crippen molar-refractivity contribution in [2.45, 2.75) is 12.4 Å². The van der Waals surface area contributed by atoms with E-state index < -0.39 is 45.0 Å². The number of hydrogen-bond donors (Lipinski definition) is 1. The Morgan fingerprint density at radius 3 is 2.00 bits per heavy atom. The number of aliphatic carboxylic acids is 1. The van der Waals surface area contributed by atoms with Crippen LogP contribution in [0.25, 0.3) is 15.8 Å². The van der Waals surface area contributed by atoms with Gasteiger partial charge in [-0.15, -0.1) is 0 Å². The predicted molar refractivity (Wildman–Crippen MR) is 63.5 cm³/mol. The van der Waals surface area contributed by atoms with Gasteiger partial charge in [-0.05, 0) is 6.08 Å². The molecule has 0 fully saturated rings. The molecule has 1 rings (SSSR count). The summed E-state index contributed by atoms with van der Waals surface area (Å²) >= 11 is -0.0282. The molecule has 0 bridgehead atoms. The normalized spacial score (nSPS) is 12.6. The van der Waals surface area contributed by atoms with Gasteiger partial charge in [-0.3, -0.25) is 0 Å². The lowest BCUT2D eigenvalue weighted by Crippen LogP contribution is -2.19. The van der Waals surface area contributed by atoms with E-state index in [2.05, 4.69) is 9.69 Å². The third kappa shape index (κ3) is 3.38. The molecule has 1 heterocycles. The van der Waals surface area contributed by atoms with E-state index in [0.717, 1.165) is 0 Å². The lowest BCUT2D eigenvalue weighted by atomic mass is 10.1. The third-order valence-corrected chi connectivity index (χ3v) is 3.22. The number of thiophene rings is 1. The molecule has 0 saturated heterocycles. The van der Waals surface area contributed by atoms with Crippen LogP contribution < -0.4 is 0 Å². The van der Waals surface area contributed by atoms with Gasteiger partial charge < -0.3 is 5.11 Å². The fraction of sp³-hybridized carbons (Fsp3) is 0.182. The van der Waals surface area contributed by atoms with Crippen molar-refractivity contribution in [2.75, 3.05) is 0 Å². The van der Waals surface area contributed by atoms with Crippen molar-refractivity contribution in [1.82, 2.24) is 0 Å². The fourth-order valence-corrected chi connectivity index (χ4v) is 2.37. The van der Waals surface area contributed by atoms with Gasteiger partial charge in [0, 0.05) is 4.88 Å². The van der Waals surface area contributed by atoms with Crippen LogP contribution in [0.4, 0.5) is 37.0 Å². The Bertz CT molecular complexity index is 730. The molecule has 0 aliphatic heterocycles. The molecule has 11 heteroatoms. The lowest BCUT2D eigenvalue weighted by Gasteiger charge is -2.10. The molecule has 0 aliphatic carbocycles. The van der Waals surface area contributed by atoms with Crippen molar-refractivity contribution < 1.29 is 36.2 Å². The topological polar surface area (TPSA) is 46.0 Å². The number of carbonyl (C=O) groups is 1. The first-order chi connectivity index (χ1) is 9.93. The molecule has 1 aromatic rings. The Morgan fingerprint density at radius 2 is 1.68 bits per heavy atom. The summed E-state index contributed by atoms with van der Waals surface area (Å²) in [7, 11) is 0. The van der Waals surface area contributed by atoms with Gasteiger partial charge in [-0.2, -0.15) is 37.7 Å². The molecule has 0 amide bonds. The average Bonchev–Trinajstić information content (AvgIpc) is 2.71. The number of halogens is 6. The van der Waals surface area contributed by atoms with Gasteiger partial charge in [0.15, 0.2) is 0 Å². The van der Waals surface area contributed by atoms with Crippen molar-refractivity contribution in [3.05, 3.63) is 38.8 Å². The van der Waals surface area contributed by atoms with Crippen LogP contribution in [0, 0.1) is 13.1 Å². The highest BCUT2D eigenvalue weighted by atomic mass is 32.1. The summed E-state index contributed by atoms with van der Waals surface area (Å²) in [5, 5.41) is 7.71. The van der Waals surface area contributed by atoms with Crippen LogP contribution in [0.5, 0.6) is 0 Å². The number of hydrogen-bond acceptors (Lipinski definition) is 2. The molecule has 116 valence electrons. The van der Waals surface area contributed by atoms with Gasteiger partial charge in [-0.25, -0.2) is 14.5 Å². The van der Waals surface area contributed by atoms with Crippen LogP contribution in [0.15, 0.2) is 5.57 Å². The van der Waals surface area contributed by atoms with Crippen molar-refractivity contribution in [1.29, 1.82) is 0 Å². The second kappa shape index (κ2) is 5.69. The van der Waals surface area contributed by atoms with Gasteiger partial charge in [0.1, 0.15) is 5.57 Å². The van der Waals surface area contributed by atoms with E-state index in [9.17, 15) is 31.1 Å². The molecule has 0 atom stereocenters. The fourth-order valence-electron chi connectivity index (χ4n) is 1.38. The first kappa shape index (κ1) is 17.5. The number of alkyl halides is 6. The number of carboxylic acids is 1. The summed E-state index contributed by atoms with van der Waals surface area (Å²) in [6, 6.07) is 0. The molecular formula is C11H2F6N2O2S. The first-order valence-electron chi connectivity index (χ1n) is 4.94. The van der Waals surface area contributed by atoms with Gasteiger partial charge in [0.05, 0.1) is 18.7 Å². The highest BCUT2D eigenvalue weighted by Gasteiger charge is 2.42. The molecule has 4 nitrogen and oxygen atoms in total. The van der Waals surface area contributed by atoms with Gasteiger partial charge >= 0.3 is 18.3 Å². The Labute approximate surface area is 122 Å². The van der Waals surface area contributed by atoms with Crippen molar-refractivity contribution in [3.8, 4) is 0 Å². The molecule has 22 heavy (non-hydrogen) atoms. The van der Waals surface area contributed by atoms with Gasteiger partial charge in [0.25, 0.3) is 0 Å². The molecule has 0 unspecified atom stereocenters. The minimum atomic E-state index is -5.39. The zero-order valence-corrected chi connectivity index (χ0v) is 10.8. The Morgan fingerprint density at radius 1 is 1.14 bits per heavy atom. The summed E-state index contributed by atoms with van der Waals surface area (Å²) in [5.74, 6) is -2.47. The van der Waals surface area contributed by atoms with E-state index in [-0.39, 0.29) is 17.4 Å². The second-order valence-electron chi connectivity index (χ2n) is 3.58. The van der Waals surface area contributed by atoms with Gasteiger partial charge in [-0.1, -0.05) is 0 Å². The molecule has 0 aliphatic rings. The molecule has 0 aromatic carbocycles. The van der Waals surface area contributed by atoms with Gasteiger partial charge in [0.2, 0.25) is 10.7 Å². The molecule has 1 N–H and O–H groups in total. The lowest BCUT2D eigenvalue weighted by molar-refractivity contribution is -0.144. The Balaban J connectivity index is 3.76. The van der Waals surface area contributed by atoms with E-state index in [0.29, 0.717) is 0 Å². The first-order valence-corrected chi connectivity index (χ1v) is 5.76. The van der Waals surface area contributed by atoms with Crippen LogP contribution in [-0.2, 0) is 11.0 Å². The van der Waals surface area contributed by atoms with E-state index in [4.69, 9.17) is 18.3 Å². The minimum absolute atomic E-state index is 0.0282. The summed E-state index contributed by atoms with van der Waals surface area (Å²) in [4.78, 5) is 14.6. The van der Waals surface area contributed by atoms with Crippen LogP contribution in [0.2, 0.25) is 0 Å². The van der Waals surface area contributed by atoms with E-state index in [1.807, 2.05) is 0 Å². The molecule has 0 radical (unpaired) electrons. The predicted octanol–water partition coefficient (Wildman–Crippen LogP) is 4.90. The second-order valence-corrected chi connectivity index (χ2v) is 4.61. The highest BCUT2D eigenvalue weighted by molar-refractivity contribution is 7.18. The molecule has 1 aromatic heterocycles. The summed E-state index contributed by atoms with van der Waals surface area (Å²) in [5.41, 5.74) is -5.13. The Hall–Kier alpha value is -2.53. The van der Waals surface area contributed by atoms with Crippen molar-refractivity contribution in [2.24, 2.45) is 0 Å². The summed E-state index contributed by atoms with van der Waals surface area (Å²) in [6.07, 6.45) is -10.8. The van der Waals surface area contributed by atoms with E-state index >= 15 is 0 Å². The Kier molecular flexibility index (Phi) is 4.53. The highest BCUT2D eigenvalue weighted by Crippen LogP contribution is 2.51. The number of carboxylic acid groups (broad SMARTS) is 1. The van der Waals surface area contributed by atoms with E-state index in [1.54, 1.807) is 0 Å². The smallest absolute Gasteiger partial charge is 0.423 e. The zero-order valence-electron chi connectivity index (χ0n) is 10.0.